The Labute approximate surface area is 106 Å². The molecule has 0 saturated carbocycles. The second-order valence-corrected chi connectivity index (χ2v) is 4.41. The van der Waals surface area contributed by atoms with E-state index in [-0.39, 0.29) is 6.54 Å². The number of hydrogen-bond donors (Lipinski definition) is 2. The van der Waals surface area contributed by atoms with Crippen molar-refractivity contribution in [2.75, 3.05) is 23.2 Å². The fourth-order valence-electron chi connectivity index (χ4n) is 1.44. The van der Waals surface area contributed by atoms with Crippen molar-refractivity contribution in [1.82, 2.24) is 0 Å². The van der Waals surface area contributed by atoms with Gasteiger partial charge in [0.1, 0.15) is 0 Å². The molecule has 1 aromatic rings. The van der Waals surface area contributed by atoms with Crippen molar-refractivity contribution in [2.24, 2.45) is 0 Å². The predicted molar refractivity (Wildman–Crippen MR) is 66.9 cm³/mol. The van der Waals surface area contributed by atoms with Crippen LogP contribution in [0, 0.1) is 0 Å². The van der Waals surface area contributed by atoms with E-state index in [1.54, 1.807) is 38.1 Å². The number of hydroxylamine groups is 2. The van der Waals surface area contributed by atoms with Gasteiger partial charge in [-0.25, -0.2) is 5.06 Å². The molecule has 0 unspecified atom stereocenters. The molecule has 0 radical (unpaired) electrons. The molecule has 0 spiro atoms. The van der Waals surface area contributed by atoms with Gasteiger partial charge in [0, 0.05) is 13.1 Å². The van der Waals surface area contributed by atoms with E-state index in [1.165, 1.54) is 0 Å². The molecule has 0 aliphatic carbocycles. The first-order chi connectivity index (χ1) is 8.39. The molecule has 0 aliphatic heterocycles. The number of hydrogen-bond acceptors (Lipinski definition) is 6. The van der Waals surface area contributed by atoms with Crippen LogP contribution in [0.5, 0.6) is 0 Å². The molecule has 0 aliphatic rings. The zero-order valence-electron chi connectivity index (χ0n) is 10.1. The molecule has 0 aromatic heterocycles. The Bertz CT molecular complexity index is 491. The SMILES string of the molecule is CCN(O)c1ccccc1N(CC)OS(=O)(=O)O. The van der Waals surface area contributed by atoms with E-state index in [1.807, 2.05) is 0 Å². The quantitative estimate of drug-likeness (QED) is 0.600. The fraction of sp³-hybridized carbons (Fsp3) is 0.400. The average Bonchev–Trinajstić information content (AvgIpc) is 2.34. The Balaban J connectivity index is 3.13. The van der Waals surface area contributed by atoms with Crippen LogP contribution in [0.15, 0.2) is 24.3 Å². The van der Waals surface area contributed by atoms with Gasteiger partial charge in [-0.2, -0.15) is 8.42 Å². The van der Waals surface area contributed by atoms with Gasteiger partial charge in [-0.05, 0) is 26.0 Å². The monoisotopic (exact) mass is 276 g/mol. The van der Waals surface area contributed by atoms with Crippen LogP contribution in [0.3, 0.4) is 0 Å². The van der Waals surface area contributed by atoms with E-state index in [9.17, 15) is 13.6 Å². The number of nitrogens with zero attached hydrogens (tertiary/aromatic N) is 2. The minimum absolute atomic E-state index is 0.175. The van der Waals surface area contributed by atoms with Crippen LogP contribution in [0.25, 0.3) is 0 Å². The summed E-state index contributed by atoms with van der Waals surface area (Å²) in [4.78, 5) is 0. The third kappa shape index (κ3) is 3.84. The zero-order chi connectivity index (χ0) is 13.8. The van der Waals surface area contributed by atoms with Crippen molar-refractivity contribution < 1.29 is 22.5 Å². The van der Waals surface area contributed by atoms with Crippen molar-refractivity contribution in [2.45, 2.75) is 13.8 Å². The molecule has 0 saturated heterocycles. The Morgan fingerprint density at radius 2 is 1.72 bits per heavy atom. The minimum atomic E-state index is -4.61. The number of anilines is 2. The summed E-state index contributed by atoms with van der Waals surface area (Å²) in [5.74, 6) is 0. The van der Waals surface area contributed by atoms with E-state index in [0.29, 0.717) is 17.9 Å². The Morgan fingerprint density at radius 3 is 2.17 bits per heavy atom. The second-order valence-electron chi connectivity index (χ2n) is 3.40. The maximum Gasteiger partial charge on any atom is 0.418 e. The van der Waals surface area contributed by atoms with Crippen molar-refractivity contribution in [3.8, 4) is 0 Å². The summed E-state index contributed by atoms with van der Waals surface area (Å²) in [6.45, 7) is 3.88. The lowest BCUT2D eigenvalue weighted by molar-refractivity contribution is 0.238. The lowest BCUT2D eigenvalue weighted by Gasteiger charge is -2.25. The molecule has 0 heterocycles. The van der Waals surface area contributed by atoms with Gasteiger partial charge < -0.3 is 0 Å². The van der Waals surface area contributed by atoms with E-state index >= 15 is 0 Å². The van der Waals surface area contributed by atoms with Gasteiger partial charge >= 0.3 is 10.4 Å². The summed E-state index contributed by atoms with van der Waals surface area (Å²) in [7, 11) is -4.61. The molecule has 0 fully saturated rings. The third-order valence-corrected chi connectivity index (χ3v) is 2.57. The topological polar surface area (TPSA) is 90.3 Å². The van der Waals surface area contributed by atoms with Crippen molar-refractivity contribution >= 4 is 21.8 Å². The summed E-state index contributed by atoms with van der Waals surface area (Å²) >= 11 is 0. The molecule has 18 heavy (non-hydrogen) atoms. The molecule has 102 valence electrons. The van der Waals surface area contributed by atoms with Gasteiger partial charge in [0.25, 0.3) is 0 Å². The molecule has 1 rings (SSSR count). The number of para-hydroxylation sites is 2. The molecule has 0 atom stereocenters. The highest BCUT2D eigenvalue weighted by Crippen LogP contribution is 2.28. The molecular weight excluding hydrogens is 260 g/mol. The summed E-state index contributed by atoms with van der Waals surface area (Å²) in [6.07, 6.45) is 0. The predicted octanol–water partition coefficient (Wildman–Crippen LogP) is 1.46. The van der Waals surface area contributed by atoms with Crippen LogP contribution in [0.1, 0.15) is 13.8 Å². The van der Waals surface area contributed by atoms with E-state index in [4.69, 9.17) is 4.55 Å². The summed E-state index contributed by atoms with van der Waals surface area (Å²) < 4.78 is 34.6. The van der Waals surface area contributed by atoms with Gasteiger partial charge in [-0.1, -0.05) is 12.1 Å². The van der Waals surface area contributed by atoms with Crippen LogP contribution in [0.2, 0.25) is 0 Å². The Kier molecular flexibility index (Phi) is 4.91. The molecule has 1 aromatic carbocycles. The molecular formula is C10H16N2O5S. The normalized spacial score (nSPS) is 11.3. The lowest BCUT2D eigenvalue weighted by Crippen LogP contribution is -2.29. The largest absolute Gasteiger partial charge is 0.418 e. The van der Waals surface area contributed by atoms with Crippen LogP contribution in [-0.4, -0.2) is 31.3 Å². The molecule has 8 heteroatoms. The summed E-state index contributed by atoms with van der Waals surface area (Å²) in [5.41, 5.74) is 0.715. The second kappa shape index (κ2) is 6.01. The third-order valence-electron chi connectivity index (χ3n) is 2.20. The number of benzene rings is 1. The highest BCUT2D eigenvalue weighted by molar-refractivity contribution is 7.80. The van der Waals surface area contributed by atoms with Gasteiger partial charge in [0.2, 0.25) is 0 Å². The van der Waals surface area contributed by atoms with E-state index in [0.717, 1.165) is 10.1 Å². The first kappa shape index (κ1) is 14.7. The maximum atomic E-state index is 10.7. The van der Waals surface area contributed by atoms with Crippen LogP contribution >= 0.6 is 0 Å². The van der Waals surface area contributed by atoms with E-state index < -0.39 is 10.4 Å². The Hall–Kier alpha value is -1.35. The summed E-state index contributed by atoms with van der Waals surface area (Å²) in [6, 6.07) is 6.54. The van der Waals surface area contributed by atoms with Gasteiger partial charge in [-0.3, -0.25) is 14.8 Å². The first-order valence-corrected chi connectivity index (χ1v) is 6.75. The molecule has 0 amide bonds. The van der Waals surface area contributed by atoms with Crippen LogP contribution < -0.4 is 10.1 Å². The lowest BCUT2D eigenvalue weighted by atomic mass is 10.2. The number of rotatable bonds is 6. The van der Waals surface area contributed by atoms with Crippen molar-refractivity contribution in [1.29, 1.82) is 0 Å². The van der Waals surface area contributed by atoms with Crippen LogP contribution in [-0.2, 0) is 14.7 Å². The van der Waals surface area contributed by atoms with Crippen molar-refractivity contribution in [3.63, 3.8) is 0 Å². The van der Waals surface area contributed by atoms with Crippen molar-refractivity contribution in [3.05, 3.63) is 24.3 Å². The molecule has 0 bridgehead atoms. The smallest absolute Gasteiger partial charge is 0.288 e. The average molecular weight is 276 g/mol. The summed E-state index contributed by atoms with van der Waals surface area (Å²) in [5, 5.41) is 11.6. The zero-order valence-corrected chi connectivity index (χ0v) is 11.0. The highest BCUT2D eigenvalue weighted by Gasteiger charge is 2.18. The Morgan fingerprint density at radius 1 is 1.17 bits per heavy atom. The van der Waals surface area contributed by atoms with Gasteiger partial charge in [0.15, 0.2) is 0 Å². The molecule has 7 nitrogen and oxygen atoms in total. The maximum absolute atomic E-state index is 10.7. The fourth-order valence-corrected chi connectivity index (χ4v) is 1.85. The van der Waals surface area contributed by atoms with Crippen LogP contribution in [0.4, 0.5) is 11.4 Å². The first-order valence-electron chi connectivity index (χ1n) is 5.39. The molecule has 2 N–H and O–H groups in total. The van der Waals surface area contributed by atoms with Gasteiger partial charge in [0.05, 0.1) is 11.4 Å². The van der Waals surface area contributed by atoms with E-state index in [2.05, 4.69) is 4.28 Å². The minimum Gasteiger partial charge on any atom is -0.288 e. The standard InChI is InChI=1S/C10H16N2O5S/c1-3-11(13)9-7-5-6-8-10(9)12(4-2)17-18(14,15)16/h5-8,13H,3-4H2,1-2H3,(H,14,15,16). The highest BCUT2D eigenvalue weighted by atomic mass is 32.3. The van der Waals surface area contributed by atoms with Gasteiger partial charge in [-0.15, -0.1) is 4.28 Å².